The first-order valence-corrected chi connectivity index (χ1v) is 10.9. The third-order valence-corrected chi connectivity index (χ3v) is 5.85. The summed E-state index contributed by atoms with van der Waals surface area (Å²) in [6.45, 7) is 1.77. The van der Waals surface area contributed by atoms with Gasteiger partial charge in [-0.3, -0.25) is 4.79 Å². The van der Waals surface area contributed by atoms with Gasteiger partial charge in [-0.15, -0.1) is 25.6 Å². The predicted octanol–water partition coefficient (Wildman–Crippen LogP) is 5.33. The molecule has 0 spiro atoms. The fraction of sp³-hybridized carbons (Fsp3) is 0.458. The topological polar surface area (TPSA) is 70.8 Å². The molecule has 12 heteroatoms. The van der Waals surface area contributed by atoms with Crippen molar-refractivity contribution in [1.29, 1.82) is 0 Å². The van der Waals surface area contributed by atoms with Crippen molar-refractivity contribution in [3.63, 3.8) is 0 Å². The molecule has 5 nitrogen and oxygen atoms in total. The van der Waals surface area contributed by atoms with E-state index in [-0.39, 0.29) is 43.2 Å². The molecule has 3 rings (SSSR count). The van der Waals surface area contributed by atoms with Crippen molar-refractivity contribution in [2.24, 2.45) is 17.6 Å². The van der Waals surface area contributed by atoms with Gasteiger partial charge in [-0.2, -0.15) is 13.2 Å². The first-order valence-electron chi connectivity index (χ1n) is 10.9. The minimum absolute atomic E-state index is 0. The van der Waals surface area contributed by atoms with E-state index < -0.39 is 36.2 Å². The largest absolute Gasteiger partial charge is 0.573 e. The first-order chi connectivity index (χ1) is 16.3. The van der Waals surface area contributed by atoms with Gasteiger partial charge in [0.2, 0.25) is 0 Å². The van der Waals surface area contributed by atoms with E-state index in [0.29, 0.717) is 24.0 Å². The van der Waals surface area contributed by atoms with Crippen molar-refractivity contribution >= 4 is 18.4 Å². The molecule has 0 radical (unpaired) electrons. The Balaban J connectivity index is 0.00000456. The van der Waals surface area contributed by atoms with Crippen molar-refractivity contribution in [3.05, 3.63) is 65.2 Å². The maximum absolute atomic E-state index is 12.9. The number of carbonyl (C=O) groups is 1. The van der Waals surface area contributed by atoms with Gasteiger partial charge >= 0.3 is 18.5 Å². The number of benzene rings is 2. The summed E-state index contributed by atoms with van der Waals surface area (Å²) in [7, 11) is 0. The van der Waals surface area contributed by atoms with E-state index >= 15 is 0 Å². The van der Waals surface area contributed by atoms with Crippen LogP contribution < -0.4 is 10.5 Å². The Hall–Kier alpha value is -2.50. The quantitative estimate of drug-likeness (QED) is 0.409. The molecule has 36 heavy (non-hydrogen) atoms. The molecule has 200 valence electrons. The summed E-state index contributed by atoms with van der Waals surface area (Å²) in [5, 5.41) is 0. The molecule has 0 aromatic heterocycles. The maximum atomic E-state index is 12.9. The number of carbonyl (C=O) groups excluding carboxylic acids is 1. The molecular formula is C24H26ClF6NO4. The van der Waals surface area contributed by atoms with Crippen LogP contribution in [0.5, 0.6) is 5.75 Å². The van der Waals surface area contributed by atoms with Crippen LogP contribution in [0.1, 0.15) is 23.6 Å². The number of cyclic esters (lactones) is 1. The van der Waals surface area contributed by atoms with Crippen LogP contribution in [0.15, 0.2) is 48.5 Å². The normalized spacial score (nSPS) is 23.5. The minimum atomic E-state index is -4.81. The number of ether oxygens (including phenoxy) is 3. The van der Waals surface area contributed by atoms with E-state index in [9.17, 15) is 31.1 Å². The maximum Gasteiger partial charge on any atom is 0.573 e. The van der Waals surface area contributed by atoms with E-state index in [1.165, 1.54) is 36.4 Å². The van der Waals surface area contributed by atoms with Crippen LogP contribution in [-0.2, 0) is 33.3 Å². The lowest BCUT2D eigenvalue weighted by Gasteiger charge is -2.31. The third kappa shape index (κ3) is 8.56. The van der Waals surface area contributed by atoms with Crippen molar-refractivity contribution in [2.75, 3.05) is 13.2 Å². The molecule has 0 bridgehead atoms. The van der Waals surface area contributed by atoms with Gasteiger partial charge in [0.25, 0.3) is 0 Å². The Bertz CT molecular complexity index is 982. The van der Waals surface area contributed by atoms with Crippen LogP contribution in [0.2, 0.25) is 0 Å². The number of halogens is 7. The van der Waals surface area contributed by atoms with Gasteiger partial charge < -0.3 is 19.9 Å². The summed E-state index contributed by atoms with van der Waals surface area (Å²) in [4.78, 5) is 12.2. The Kier molecular flexibility index (Phi) is 10.0. The lowest BCUT2D eigenvalue weighted by atomic mass is 9.80. The number of alkyl halides is 6. The number of hydrogen-bond donors (Lipinski definition) is 1. The summed E-state index contributed by atoms with van der Waals surface area (Å²) in [5.74, 6) is -1.66. The van der Waals surface area contributed by atoms with E-state index in [1.807, 2.05) is 0 Å². The number of esters is 1. The number of nitrogens with two attached hydrogens (primary N) is 1. The first kappa shape index (κ1) is 29.7. The average Bonchev–Trinajstić information content (AvgIpc) is 2.80. The van der Waals surface area contributed by atoms with Crippen molar-refractivity contribution in [2.45, 2.75) is 44.4 Å². The molecule has 2 aromatic rings. The molecule has 0 amide bonds. The summed E-state index contributed by atoms with van der Waals surface area (Å²) in [6.07, 6.45) is -9.27. The standard InChI is InChI=1S/C24H25F6NO4.ClH/c1-14-20(11-16-4-8-19(9-5-16)35-24(28,29)30)17(12-33-13-21(31)22(32)34-14)10-15-2-6-18(7-3-15)23(25,26)27;/h2-9,14,17,20-21H,10-13,31H2,1H3;1H/t14-,17-,20-,21-;/m0./s1. The van der Waals surface area contributed by atoms with Crippen molar-refractivity contribution in [3.8, 4) is 5.75 Å². The molecule has 2 aromatic carbocycles. The highest BCUT2D eigenvalue weighted by molar-refractivity contribution is 5.85. The summed E-state index contributed by atoms with van der Waals surface area (Å²) < 4.78 is 91.2. The monoisotopic (exact) mass is 541 g/mol. The van der Waals surface area contributed by atoms with Crippen LogP contribution in [0, 0.1) is 11.8 Å². The molecule has 0 aliphatic carbocycles. The second kappa shape index (κ2) is 12.2. The van der Waals surface area contributed by atoms with E-state index in [0.717, 1.165) is 12.1 Å². The molecule has 2 N–H and O–H groups in total. The summed E-state index contributed by atoms with van der Waals surface area (Å²) in [6, 6.07) is 9.11. The van der Waals surface area contributed by atoms with Crippen molar-refractivity contribution in [1.82, 2.24) is 0 Å². The highest BCUT2D eigenvalue weighted by atomic mass is 35.5. The highest BCUT2D eigenvalue weighted by Gasteiger charge is 2.35. The zero-order chi connectivity index (χ0) is 25.8. The lowest BCUT2D eigenvalue weighted by Crippen LogP contribution is -2.39. The third-order valence-electron chi connectivity index (χ3n) is 5.85. The van der Waals surface area contributed by atoms with Gasteiger partial charge in [-0.05, 0) is 61.1 Å². The van der Waals surface area contributed by atoms with Gasteiger partial charge in [-0.1, -0.05) is 24.3 Å². The summed E-state index contributed by atoms with van der Waals surface area (Å²) >= 11 is 0. The molecule has 1 fully saturated rings. The van der Waals surface area contributed by atoms with E-state index in [4.69, 9.17) is 15.2 Å². The smallest absolute Gasteiger partial charge is 0.461 e. The second-order valence-electron chi connectivity index (χ2n) is 8.50. The average molecular weight is 542 g/mol. The number of rotatable bonds is 5. The summed E-state index contributed by atoms with van der Waals surface area (Å²) in [5.41, 5.74) is 6.31. The lowest BCUT2D eigenvalue weighted by molar-refractivity contribution is -0.274. The van der Waals surface area contributed by atoms with Crippen LogP contribution in [0.25, 0.3) is 0 Å². The fourth-order valence-electron chi connectivity index (χ4n) is 4.05. The van der Waals surface area contributed by atoms with Gasteiger partial charge in [-0.25, -0.2) is 0 Å². The SMILES string of the molecule is C[C@@H]1OC(=O)[C@@H](N)COC[C@H](Cc2ccc(C(F)(F)F)cc2)[C@H]1Cc1ccc(OC(F)(F)F)cc1.Cl. The molecule has 4 atom stereocenters. The van der Waals surface area contributed by atoms with Crippen molar-refractivity contribution < 1.29 is 45.3 Å². The fourth-order valence-corrected chi connectivity index (χ4v) is 4.05. The van der Waals surface area contributed by atoms with Crippen LogP contribution in [-0.4, -0.2) is 37.7 Å². The van der Waals surface area contributed by atoms with Gasteiger partial charge in [0.1, 0.15) is 17.9 Å². The molecular weight excluding hydrogens is 516 g/mol. The molecule has 0 unspecified atom stereocenters. The molecule has 1 heterocycles. The Morgan fingerprint density at radius 1 is 0.917 bits per heavy atom. The van der Waals surface area contributed by atoms with Gasteiger partial charge in [0, 0.05) is 5.92 Å². The molecule has 1 saturated heterocycles. The zero-order valence-electron chi connectivity index (χ0n) is 19.1. The Morgan fingerprint density at radius 3 is 2.03 bits per heavy atom. The van der Waals surface area contributed by atoms with Gasteiger partial charge in [0.15, 0.2) is 0 Å². The van der Waals surface area contributed by atoms with E-state index in [1.54, 1.807) is 6.92 Å². The zero-order valence-corrected chi connectivity index (χ0v) is 20.0. The molecule has 1 aliphatic heterocycles. The Morgan fingerprint density at radius 2 is 1.47 bits per heavy atom. The van der Waals surface area contributed by atoms with Crippen LogP contribution in [0.3, 0.4) is 0 Å². The van der Waals surface area contributed by atoms with Crippen LogP contribution in [0.4, 0.5) is 26.3 Å². The van der Waals surface area contributed by atoms with E-state index in [2.05, 4.69) is 4.74 Å². The van der Waals surface area contributed by atoms with Gasteiger partial charge in [0.05, 0.1) is 18.8 Å². The van der Waals surface area contributed by atoms with Crippen LogP contribution >= 0.6 is 12.4 Å². The Labute approximate surface area is 210 Å². The predicted molar refractivity (Wildman–Crippen MR) is 121 cm³/mol. The molecule has 1 aliphatic rings. The minimum Gasteiger partial charge on any atom is -0.461 e. The molecule has 0 saturated carbocycles. The number of hydrogen-bond acceptors (Lipinski definition) is 5. The highest BCUT2D eigenvalue weighted by Crippen LogP contribution is 2.32. The second-order valence-corrected chi connectivity index (χ2v) is 8.50.